The largest absolute Gasteiger partial charge is 0.485 e. The van der Waals surface area contributed by atoms with Gasteiger partial charge in [-0.1, -0.05) is 29.4 Å². The summed E-state index contributed by atoms with van der Waals surface area (Å²) in [5.41, 5.74) is 4.06. The van der Waals surface area contributed by atoms with E-state index >= 15 is 0 Å². The number of hydrogen-bond donors (Lipinski definition) is 2. The first-order chi connectivity index (χ1) is 13.2. The van der Waals surface area contributed by atoms with Crippen molar-refractivity contribution in [3.05, 3.63) is 48.2 Å². The van der Waals surface area contributed by atoms with Crippen molar-refractivity contribution < 1.29 is 23.9 Å². The third-order valence-electron chi connectivity index (χ3n) is 4.39. The van der Waals surface area contributed by atoms with Crippen molar-refractivity contribution in [1.29, 1.82) is 0 Å². The first-order valence-corrected chi connectivity index (χ1v) is 8.54. The Hall–Kier alpha value is -3.48. The van der Waals surface area contributed by atoms with Gasteiger partial charge in [-0.05, 0) is 23.3 Å². The van der Waals surface area contributed by atoms with Crippen LogP contribution in [0.15, 0.2) is 47.1 Å². The molecule has 0 saturated heterocycles. The van der Waals surface area contributed by atoms with Crippen LogP contribution in [0.5, 0.6) is 11.5 Å². The normalized spacial score (nSPS) is 12.6. The van der Waals surface area contributed by atoms with Gasteiger partial charge in [-0.3, -0.25) is 4.79 Å². The number of ether oxygens (including phenoxy) is 2. The summed E-state index contributed by atoms with van der Waals surface area (Å²) in [5, 5.41) is 15.8. The van der Waals surface area contributed by atoms with Crippen LogP contribution in [0.25, 0.3) is 22.5 Å². The van der Waals surface area contributed by atoms with E-state index in [0.29, 0.717) is 30.5 Å². The number of fused-ring (bicyclic) bond motifs is 1. The number of carbonyl (C=O) groups is 1. The summed E-state index contributed by atoms with van der Waals surface area (Å²) in [6.07, 6.45) is 1.61. The van der Waals surface area contributed by atoms with Gasteiger partial charge >= 0.3 is 5.97 Å². The lowest BCUT2D eigenvalue weighted by Crippen LogP contribution is -2.16. The van der Waals surface area contributed by atoms with Crippen LogP contribution in [0.3, 0.4) is 0 Å². The molecule has 0 unspecified atom stereocenters. The fourth-order valence-electron chi connectivity index (χ4n) is 3.13. The van der Waals surface area contributed by atoms with Crippen molar-refractivity contribution in [2.75, 3.05) is 25.6 Å². The average Bonchev–Trinajstić information content (AvgIpc) is 3.16. The molecule has 2 N–H and O–H groups in total. The molecule has 7 heteroatoms. The Morgan fingerprint density at radius 2 is 1.74 bits per heavy atom. The topological polar surface area (TPSA) is 93.8 Å². The summed E-state index contributed by atoms with van der Waals surface area (Å²) in [6, 6.07) is 11.2. The minimum Gasteiger partial charge on any atom is -0.485 e. The van der Waals surface area contributed by atoms with E-state index in [2.05, 4.69) is 10.5 Å². The van der Waals surface area contributed by atoms with E-state index in [1.54, 1.807) is 13.2 Å². The van der Waals surface area contributed by atoms with Crippen LogP contribution in [0, 0.1) is 0 Å². The lowest BCUT2D eigenvalue weighted by atomic mass is 9.98. The molecule has 0 aliphatic carbocycles. The van der Waals surface area contributed by atoms with E-state index in [1.165, 1.54) is 0 Å². The Balaban J connectivity index is 1.78. The van der Waals surface area contributed by atoms with Crippen LogP contribution in [0.2, 0.25) is 0 Å². The zero-order chi connectivity index (χ0) is 18.8. The van der Waals surface area contributed by atoms with Crippen molar-refractivity contribution in [1.82, 2.24) is 5.16 Å². The molecule has 27 heavy (non-hydrogen) atoms. The summed E-state index contributed by atoms with van der Waals surface area (Å²) in [5.74, 6) is 0.987. The van der Waals surface area contributed by atoms with Crippen LogP contribution in [0.4, 0.5) is 5.69 Å². The third-order valence-corrected chi connectivity index (χ3v) is 4.39. The second kappa shape index (κ2) is 7.03. The maximum Gasteiger partial charge on any atom is 0.307 e. The van der Waals surface area contributed by atoms with Gasteiger partial charge in [0.2, 0.25) is 0 Å². The molecule has 0 atom stereocenters. The number of aromatic nitrogens is 1. The Bertz CT molecular complexity index is 979. The maximum atomic E-state index is 10.9. The molecule has 1 aromatic heterocycles. The quantitative estimate of drug-likeness (QED) is 0.714. The highest BCUT2D eigenvalue weighted by atomic mass is 16.6. The molecule has 2 aromatic carbocycles. The van der Waals surface area contributed by atoms with E-state index in [4.69, 9.17) is 19.1 Å². The number of aliphatic carboxylic acids is 1. The molecular formula is C20H18N2O5. The second-order valence-corrected chi connectivity index (χ2v) is 6.10. The second-order valence-electron chi connectivity index (χ2n) is 6.10. The van der Waals surface area contributed by atoms with Gasteiger partial charge in [-0.15, -0.1) is 0 Å². The van der Waals surface area contributed by atoms with Crippen LogP contribution in [-0.4, -0.2) is 36.5 Å². The first kappa shape index (κ1) is 17.0. The van der Waals surface area contributed by atoms with Crippen LogP contribution < -0.4 is 14.8 Å². The van der Waals surface area contributed by atoms with Crippen molar-refractivity contribution in [2.24, 2.45) is 0 Å². The molecule has 0 saturated carbocycles. The number of nitrogens with one attached hydrogen (secondary N) is 1. The zero-order valence-electron chi connectivity index (χ0n) is 14.7. The summed E-state index contributed by atoms with van der Waals surface area (Å²) in [6.45, 7) is 0.903. The molecule has 4 rings (SSSR count). The number of carboxylic acid groups (broad SMARTS) is 1. The number of carboxylic acids is 1. The Morgan fingerprint density at radius 1 is 1.07 bits per heavy atom. The minimum atomic E-state index is -0.853. The molecular weight excluding hydrogens is 348 g/mol. The highest BCUT2D eigenvalue weighted by Gasteiger charge is 2.25. The standard InChI is InChI=1S/C20H18N2O5/c1-21-16-11-22-27-18(16)15-7-6-14(19-20(15)26-9-8-25-19)13-4-2-12(3-5-13)10-17(23)24/h2-7,11,21H,8-10H2,1H3,(H,23,24). The molecule has 1 aliphatic rings. The van der Waals surface area contributed by atoms with Crippen LogP contribution in [0.1, 0.15) is 5.56 Å². The van der Waals surface area contributed by atoms with E-state index in [9.17, 15) is 4.79 Å². The van der Waals surface area contributed by atoms with E-state index < -0.39 is 5.97 Å². The van der Waals surface area contributed by atoms with Gasteiger partial charge in [-0.2, -0.15) is 0 Å². The molecule has 7 nitrogen and oxygen atoms in total. The van der Waals surface area contributed by atoms with Crippen molar-refractivity contribution >= 4 is 11.7 Å². The fourth-order valence-corrected chi connectivity index (χ4v) is 3.13. The van der Waals surface area contributed by atoms with Crippen molar-refractivity contribution in [3.8, 4) is 33.9 Å². The maximum absolute atomic E-state index is 10.9. The number of rotatable bonds is 5. The molecule has 0 bridgehead atoms. The summed E-state index contributed by atoms with van der Waals surface area (Å²) in [4.78, 5) is 10.9. The van der Waals surface area contributed by atoms with E-state index in [1.807, 2.05) is 36.4 Å². The lowest BCUT2D eigenvalue weighted by Gasteiger charge is -2.23. The number of benzene rings is 2. The highest BCUT2D eigenvalue weighted by Crippen LogP contribution is 2.47. The SMILES string of the molecule is CNc1cnoc1-c1ccc(-c2ccc(CC(=O)O)cc2)c2c1OCCO2. The Kier molecular flexibility index (Phi) is 4.42. The summed E-state index contributed by atoms with van der Waals surface area (Å²) < 4.78 is 17.2. The summed E-state index contributed by atoms with van der Waals surface area (Å²) in [7, 11) is 1.80. The monoisotopic (exact) mass is 366 g/mol. The predicted molar refractivity (Wildman–Crippen MR) is 99.3 cm³/mol. The molecule has 0 radical (unpaired) electrons. The van der Waals surface area contributed by atoms with Gasteiger partial charge in [0.15, 0.2) is 17.3 Å². The highest BCUT2D eigenvalue weighted by molar-refractivity contribution is 5.85. The molecule has 3 aromatic rings. The third kappa shape index (κ3) is 3.19. The fraction of sp³-hybridized carbons (Fsp3) is 0.200. The smallest absolute Gasteiger partial charge is 0.307 e. The van der Waals surface area contributed by atoms with E-state index in [-0.39, 0.29) is 6.42 Å². The van der Waals surface area contributed by atoms with Gasteiger partial charge in [-0.25, -0.2) is 0 Å². The molecule has 138 valence electrons. The molecule has 1 aliphatic heterocycles. The minimum absolute atomic E-state index is 0.00474. The number of anilines is 1. The molecule has 0 spiro atoms. The van der Waals surface area contributed by atoms with Crippen molar-refractivity contribution in [2.45, 2.75) is 6.42 Å². The van der Waals surface area contributed by atoms with Crippen LogP contribution in [-0.2, 0) is 11.2 Å². The van der Waals surface area contributed by atoms with E-state index in [0.717, 1.165) is 27.9 Å². The predicted octanol–water partition coefficient (Wildman–Crippen LogP) is 3.45. The van der Waals surface area contributed by atoms with Gasteiger partial charge in [0, 0.05) is 12.6 Å². The number of hydrogen-bond acceptors (Lipinski definition) is 6. The Labute approximate surface area is 155 Å². The van der Waals surface area contributed by atoms with Gasteiger partial charge in [0.1, 0.15) is 18.9 Å². The molecule has 0 amide bonds. The zero-order valence-corrected chi connectivity index (χ0v) is 14.7. The van der Waals surface area contributed by atoms with Crippen molar-refractivity contribution in [3.63, 3.8) is 0 Å². The van der Waals surface area contributed by atoms with Crippen LogP contribution >= 0.6 is 0 Å². The van der Waals surface area contributed by atoms with Gasteiger partial charge in [0.25, 0.3) is 0 Å². The van der Waals surface area contributed by atoms with Gasteiger partial charge in [0.05, 0.1) is 18.2 Å². The molecule has 0 fully saturated rings. The van der Waals surface area contributed by atoms with Gasteiger partial charge < -0.3 is 24.4 Å². The lowest BCUT2D eigenvalue weighted by molar-refractivity contribution is -0.136. The number of nitrogens with zero attached hydrogens (tertiary/aromatic N) is 1. The summed E-state index contributed by atoms with van der Waals surface area (Å²) >= 11 is 0. The Morgan fingerprint density at radius 3 is 2.41 bits per heavy atom. The first-order valence-electron chi connectivity index (χ1n) is 8.54. The average molecular weight is 366 g/mol. The molecule has 2 heterocycles.